The van der Waals surface area contributed by atoms with Crippen LogP contribution in [0.3, 0.4) is 0 Å². The summed E-state index contributed by atoms with van der Waals surface area (Å²) in [6, 6.07) is 6.24. The number of piperidine rings is 1. The summed E-state index contributed by atoms with van der Waals surface area (Å²) < 4.78 is 0. The molecule has 0 aliphatic carbocycles. The van der Waals surface area contributed by atoms with Crippen LogP contribution in [-0.4, -0.2) is 23.9 Å². The first-order valence-corrected chi connectivity index (χ1v) is 6.85. The molecule has 0 saturated carbocycles. The molecule has 0 radical (unpaired) electrons. The second-order valence-corrected chi connectivity index (χ2v) is 5.11. The van der Waals surface area contributed by atoms with Crippen molar-refractivity contribution >= 4 is 17.3 Å². The monoisotopic (exact) mass is 277 g/mol. The Morgan fingerprint density at radius 1 is 1.40 bits per heavy atom. The summed E-state index contributed by atoms with van der Waals surface area (Å²) in [6.45, 7) is 3.60. The molecule has 0 aromatic heterocycles. The van der Waals surface area contributed by atoms with E-state index >= 15 is 0 Å². The largest absolute Gasteiger partial charge is 0.320 e. The maximum absolute atomic E-state index is 12.5. The number of nitrogens with one attached hydrogen (secondary N) is 2. The van der Waals surface area contributed by atoms with Crippen molar-refractivity contribution in [3.05, 3.63) is 34.4 Å². The van der Waals surface area contributed by atoms with Crippen LogP contribution < -0.4 is 10.6 Å². The maximum Gasteiger partial charge on any atom is 0.292 e. The second-order valence-electron chi connectivity index (χ2n) is 5.11. The van der Waals surface area contributed by atoms with E-state index in [9.17, 15) is 14.9 Å². The van der Waals surface area contributed by atoms with Gasteiger partial charge >= 0.3 is 0 Å². The molecule has 2 N–H and O–H groups in total. The minimum atomic E-state index is -0.476. The maximum atomic E-state index is 12.5. The van der Waals surface area contributed by atoms with Crippen LogP contribution in [0.5, 0.6) is 0 Å². The van der Waals surface area contributed by atoms with E-state index in [-0.39, 0.29) is 17.3 Å². The fourth-order valence-electron chi connectivity index (χ4n) is 2.64. The fourth-order valence-corrected chi connectivity index (χ4v) is 2.64. The van der Waals surface area contributed by atoms with Gasteiger partial charge in [0.05, 0.1) is 10.3 Å². The number of hydrogen-bond acceptors (Lipinski definition) is 4. The van der Waals surface area contributed by atoms with E-state index in [0.29, 0.717) is 0 Å². The van der Waals surface area contributed by atoms with Gasteiger partial charge in [-0.05, 0) is 38.4 Å². The second kappa shape index (κ2) is 6.00. The molecule has 2 rings (SSSR count). The lowest BCUT2D eigenvalue weighted by atomic mass is 9.76. The number of nitro benzene ring substituents is 1. The van der Waals surface area contributed by atoms with E-state index in [1.54, 1.807) is 18.2 Å². The molecule has 0 bridgehead atoms. The molecular weight excluding hydrogens is 258 g/mol. The third-order valence-corrected chi connectivity index (χ3v) is 4.07. The summed E-state index contributed by atoms with van der Waals surface area (Å²) in [7, 11) is 0. The molecule has 1 aromatic rings. The van der Waals surface area contributed by atoms with Gasteiger partial charge in [0.1, 0.15) is 5.69 Å². The summed E-state index contributed by atoms with van der Waals surface area (Å²) in [5.41, 5.74) is -0.218. The first kappa shape index (κ1) is 14.5. The number of rotatable bonds is 4. The topological polar surface area (TPSA) is 84.3 Å². The Morgan fingerprint density at radius 3 is 2.65 bits per heavy atom. The summed E-state index contributed by atoms with van der Waals surface area (Å²) in [5, 5.41) is 17.0. The summed E-state index contributed by atoms with van der Waals surface area (Å²) in [6.07, 6.45) is 2.26. The lowest BCUT2D eigenvalue weighted by Crippen LogP contribution is -2.44. The molecule has 6 nitrogen and oxygen atoms in total. The Bertz CT molecular complexity index is 510. The molecule has 0 atom stereocenters. The SMILES string of the molecule is CCC1(C(=O)Nc2ccccc2[N+](=O)[O-])CCNCC1. The van der Waals surface area contributed by atoms with Crippen LogP contribution in [0, 0.1) is 15.5 Å². The molecule has 20 heavy (non-hydrogen) atoms. The van der Waals surface area contributed by atoms with Crippen molar-refractivity contribution in [1.29, 1.82) is 0 Å². The number of benzene rings is 1. The highest BCUT2D eigenvalue weighted by Gasteiger charge is 2.38. The highest BCUT2D eigenvalue weighted by atomic mass is 16.6. The van der Waals surface area contributed by atoms with Gasteiger partial charge < -0.3 is 10.6 Å². The molecule has 1 fully saturated rings. The molecule has 6 heteroatoms. The van der Waals surface area contributed by atoms with E-state index in [4.69, 9.17) is 0 Å². The van der Waals surface area contributed by atoms with Gasteiger partial charge in [-0.1, -0.05) is 19.1 Å². The predicted molar refractivity (Wildman–Crippen MR) is 76.6 cm³/mol. The van der Waals surface area contributed by atoms with Crippen LogP contribution in [0.2, 0.25) is 0 Å². The molecular formula is C14H19N3O3. The summed E-state index contributed by atoms with van der Waals surface area (Å²) in [4.78, 5) is 23.0. The lowest BCUT2D eigenvalue weighted by Gasteiger charge is -2.35. The van der Waals surface area contributed by atoms with Crippen LogP contribution in [0.15, 0.2) is 24.3 Å². The summed E-state index contributed by atoms with van der Waals surface area (Å²) in [5.74, 6) is -0.115. The highest BCUT2D eigenvalue weighted by Crippen LogP contribution is 2.35. The van der Waals surface area contributed by atoms with Crippen molar-refractivity contribution in [1.82, 2.24) is 5.32 Å². The van der Waals surface area contributed by atoms with Crippen LogP contribution in [-0.2, 0) is 4.79 Å². The van der Waals surface area contributed by atoms with Crippen molar-refractivity contribution in [3.8, 4) is 0 Å². The number of hydrogen-bond donors (Lipinski definition) is 2. The number of carbonyl (C=O) groups is 1. The fraction of sp³-hybridized carbons (Fsp3) is 0.500. The van der Waals surface area contributed by atoms with Crippen molar-refractivity contribution in [2.75, 3.05) is 18.4 Å². The van der Waals surface area contributed by atoms with Gasteiger partial charge in [-0.25, -0.2) is 0 Å². The lowest BCUT2D eigenvalue weighted by molar-refractivity contribution is -0.383. The first-order valence-electron chi connectivity index (χ1n) is 6.85. The van der Waals surface area contributed by atoms with Crippen molar-refractivity contribution < 1.29 is 9.72 Å². The summed E-state index contributed by atoms with van der Waals surface area (Å²) >= 11 is 0. The average Bonchev–Trinajstić information content (AvgIpc) is 2.48. The minimum Gasteiger partial charge on any atom is -0.320 e. The van der Waals surface area contributed by atoms with Crippen LogP contribution in [0.1, 0.15) is 26.2 Å². The number of nitrogens with zero attached hydrogens (tertiary/aromatic N) is 1. The van der Waals surface area contributed by atoms with Gasteiger partial charge in [0.2, 0.25) is 5.91 Å². The number of nitro groups is 1. The van der Waals surface area contributed by atoms with Gasteiger partial charge in [-0.15, -0.1) is 0 Å². The zero-order valence-electron chi connectivity index (χ0n) is 11.5. The Kier molecular flexibility index (Phi) is 4.34. The van der Waals surface area contributed by atoms with Gasteiger partial charge in [-0.2, -0.15) is 0 Å². The minimum absolute atomic E-state index is 0.0685. The molecule has 1 aromatic carbocycles. The quantitative estimate of drug-likeness (QED) is 0.653. The third kappa shape index (κ3) is 2.80. The average molecular weight is 277 g/mol. The zero-order valence-corrected chi connectivity index (χ0v) is 11.5. The Balaban J connectivity index is 2.20. The van der Waals surface area contributed by atoms with Crippen LogP contribution >= 0.6 is 0 Å². The number of amides is 1. The molecule has 1 amide bonds. The predicted octanol–water partition coefficient (Wildman–Crippen LogP) is 2.31. The van der Waals surface area contributed by atoms with Crippen LogP contribution in [0.4, 0.5) is 11.4 Å². The number of para-hydroxylation sites is 2. The molecule has 108 valence electrons. The van der Waals surface area contributed by atoms with Crippen molar-refractivity contribution in [2.24, 2.45) is 5.41 Å². The molecule has 1 heterocycles. The molecule has 1 saturated heterocycles. The third-order valence-electron chi connectivity index (χ3n) is 4.07. The zero-order chi connectivity index (χ0) is 14.6. The van der Waals surface area contributed by atoms with E-state index in [2.05, 4.69) is 10.6 Å². The highest BCUT2D eigenvalue weighted by molar-refractivity contribution is 5.97. The molecule has 0 unspecified atom stereocenters. The van der Waals surface area contributed by atoms with Crippen molar-refractivity contribution in [2.45, 2.75) is 26.2 Å². The Morgan fingerprint density at radius 2 is 2.05 bits per heavy atom. The van der Waals surface area contributed by atoms with E-state index < -0.39 is 10.3 Å². The number of carbonyl (C=O) groups excluding carboxylic acids is 1. The smallest absolute Gasteiger partial charge is 0.292 e. The molecule has 0 spiro atoms. The molecule has 1 aliphatic rings. The molecule has 1 aliphatic heterocycles. The van der Waals surface area contributed by atoms with Gasteiger partial charge in [0, 0.05) is 6.07 Å². The van der Waals surface area contributed by atoms with E-state index in [0.717, 1.165) is 32.4 Å². The van der Waals surface area contributed by atoms with Gasteiger partial charge in [-0.3, -0.25) is 14.9 Å². The van der Waals surface area contributed by atoms with E-state index in [1.165, 1.54) is 6.07 Å². The first-order chi connectivity index (χ1) is 9.59. The van der Waals surface area contributed by atoms with E-state index in [1.807, 2.05) is 6.92 Å². The van der Waals surface area contributed by atoms with Gasteiger partial charge in [0.25, 0.3) is 5.69 Å². The number of anilines is 1. The Labute approximate surface area is 117 Å². The standard InChI is InChI=1S/C14H19N3O3/c1-2-14(7-9-15-10-8-14)13(18)16-11-5-3-4-6-12(11)17(19)20/h3-6,15H,2,7-10H2,1H3,(H,16,18). The normalized spacial score (nSPS) is 17.4. The van der Waals surface area contributed by atoms with Crippen molar-refractivity contribution in [3.63, 3.8) is 0 Å². The van der Waals surface area contributed by atoms with Gasteiger partial charge in [0.15, 0.2) is 0 Å². The van der Waals surface area contributed by atoms with Crippen LogP contribution in [0.25, 0.3) is 0 Å². The Hall–Kier alpha value is -1.95.